The molecule has 0 aliphatic carbocycles. The molecule has 0 fully saturated rings. The Morgan fingerprint density at radius 1 is 1.18 bits per heavy atom. The lowest BCUT2D eigenvalue weighted by atomic mass is 10.1. The second kappa shape index (κ2) is 8.46. The zero-order chi connectivity index (χ0) is 15.8. The van der Waals surface area contributed by atoms with Gasteiger partial charge in [0.15, 0.2) is 5.17 Å². The molecule has 0 spiro atoms. The number of amidine groups is 1. The SMILES string of the molecule is CCSC(=N)Nc1ccc(NCc2ccccc2)c(CN)c1. The van der Waals surface area contributed by atoms with E-state index in [0.29, 0.717) is 11.7 Å². The Kier molecular flexibility index (Phi) is 6.30. The minimum absolute atomic E-state index is 0.454. The van der Waals surface area contributed by atoms with Gasteiger partial charge in [0.05, 0.1) is 0 Å². The lowest BCUT2D eigenvalue weighted by molar-refractivity contribution is 1.05. The number of rotatable bonds is 6. The summed E-state index contributed by atoms with van der Waals surface area (Å²) in [6, 6.07) is 16.2. The first-order valence-electron chi connectivity index (χ1n) is 7.32. The van der Waals surface area contributed by atoms with E-state index in [1.807, 2.05) is 43.3 Å². The van der Waals surface area contributed by atoms with Gasteiger partial charge in [0.1, 0.15) is 0 Å². The van der Waals surface area contributed by atoms with Crippen LogP contribution < -0.4 is 16.4 Å². The van der Waals surface area contributed by atoms with Gasteiger partial charge in [0, 0.05) is 24.5 Å². The van der Waals surface area contributed by atoms with E-state index >= 15 is 0 Å². The predicted octanol–water partition coefficient (Wildman–Crippen LogP) is 3.86. The molecular weight excluding hydrogens is 292 g/mol. The van der Waals surface area contributed by atoms with Gasteiger partial charge < -0.3 is 16.4 Å². The monoisotopic (exact) mass is 314 g/mol. The topological polar surface area (TPSA) is 73.9 Å². The maximum atomic E-state index is 7.81. The first kappa shape index (κ1) is 16.4. The van der Waals surface area contributed by atoms with E-state index in [-0.39, 0.29) is 0 Å². The van der Waals surface area contributed by atoms with E-state index in [4.69, 9.17) is 11.1 Å². The zero-order valence-corrected chi connectivity index (χ0v) is 13.5. The Labute approximate surface area is 136 Å². The number of anilines is 2. The first-order valence-corrected chi connectivity index (χ1v) is 8.30. The highest BCUT2D eigenvalue weighted by Crippen LogP contribution is 2.22. The van der Waals surface area contributed by atoms with Crippen LogP contribution in [-0.4, -0.2) is 10.9 Å². The minimum atomic E-state index is 0.454. The van der Waals surface area contributed by atoms with Crippen LogP contribution in [-0.2, 0) is 13.1 Å². The predicted molar refractivity (Wildman–Crippen MR) is 97.6 cm³/mol. The van der Waals surface area contributed by atoms with Gasteiger partial charge in [-0.15, -0.1) is 0 Å². The quantitative estimate of drug-likeness (QED) is 0.482. The molecule has 0 bridgehead atoms. The summed E-state index contributed by atoms with van der Waals surface area (Å²) in [7, 11) is 0. The molecule has 5 heteroatoms. The van der Waals surface area contributed by atoms with Crippen molar-refractivity contribution >= 4 is 28.3 Å². The maximum Gasteiger partial charge on any atom is 0.158 e. The molecule has 5 N–H and O–H groups in total. The average Bonchev–Trinajstić information content (AvgIpc) is 2.54. The van der Waals surface area contributed by atoms with Gasteiger partial charge in [-0.2, -0.15) is 0 Å². The van der Waals surface area contributed by atoms with Crippen molar-refractivity contribution < 1.29 is 0 Å². The number of hydrogen-bond donors (Lipinski definition) is 4. The smallest absolute Gasteiger partial charge is 0.158 e. The van der Waals surface area contributed by atoms with Crippen LogP contribution in [0.15, 0.2) is 48.5 Å². The normalized spacial score (nSPS) is 10.3. The van der Waals surface area contributed by atoms with Gasteiger partial charge >= 0.3 is 0 Å². The summed E-state index contributed by atoms with van der Waals surface area (Å²) in [6.07, 6.45) is 0. The van der Waals surface area contributed by atoms with Gasteiger partial charge in [0.2, 0.25) is 0 Å². The Morgan fingerprint density at radius 2 is 1.95 bits per heavy atom. The van der Waals surface area contributed by atoms with E-state index in [1.54, 1.807) is 0 Å². The highest BCUT2D eigenvalue weighted by Gasteiger charge is 2.04. The van der Waals surface area contributed by atoms with Crippen LogP contribution in [0.25, 0.3) is 0 Å². The van der Waals surface area contributed by atoms with Crippen molar-refractivity contribution in [1.82, 2.24) is 0 Å². The molecule has 2 aromatic carbocycles. The summed E-state index contributed by atoms with van der Waals surface area (Å²) < 4.78 is 0. The first-order chi connectivity index (χ1) is 10.7. The molecular formula is C17H22N4S. The van der Waals surface area contributed by atoms with Crippen LogP contribution in [0, 0.1) is 5.41 Å². The number of benzene rings is 2. The molecule has 2 rings (SSSR count). The van der Waals surface area contributed by atoms with E-state index in [1.165, 1.54) is 17.3 Å². The van der Waals surface area contributed by atoms with Crippen LogP contribution in [0.1, 0.15) is 18.1 Å². The van der Waals surface area contributed by atoms with Crippen molar-refractivity contribution in [3.63, 3.8) is 0 Å². The van der Waals surface area contributed by atoms with E-state index in [9.17, 15) is 0 Å². The lowest BCUT2D eigenvalue weighted by Crippen LogP contribution is -2.09. The van der Waals surface area contributed by atoms with Crippen LogP contribution in [0.4, 0.5) is 11.4 Å². The summed E-state index contributed by atoms with van der Waals surface area (Å²) in [6.45, 7) is 3.26. The fourth-order valence-corrected chi connectivity index (χ4v) is 2.60. The fourth-order valence-electron chi connectivity index (χ4n) is 2.12. The molecule has 0 unspecified atom stereocenters. The molecule has 4 nitrogen and oxygen atoms in total. The number of thioether (sulfide) groups is 1. The van der Waals surface area contributed by atoms with Crippen molar-refractivity contribution in [2.24, 2.45) is 5.73 Å². The fraction of sp³-hybridized carbons (Fsp3) is 0.235. The Morgan fingerprint density at radius 3 is 2.64 bits per heavy atom. The largest absolute Gasteiger partial charge is 0.381 e. The third-order valence-electron chi connectivity index (χ3n) is 3.20. The van der Waals surface area contributed by atoms with Gasteiger partial charge in [-0.3, -0.25) is 5.41 Å². The molecule has 0 atom stereocenters. The zero-order valence-electron chi connectivity index (χ0n) is 12.7. The standard InChI is InChI=1S/C17H22N4S/c1-2-22-17(19)21-15-8-9-16(14(10-15)11-18)20-12-13-6-4-3-5-7-13/h3-10,20H,2,11-12,18H2,1H3,(H2,19,21). The van der Waals surface area contributed by atoms with Crippen LogP contribution in [0.3, 0.4) is 0 Å². The van der Waals surface area contributed by atoms with Gasteiger partial charge in [-0.05, 0) is 35.1 Å². The van der Waals surface area contributed by atoms with Crippen LogP contribution >= 0.6 is 11.8 Å². The molecule has 0 aliphatic heterocycles. The molecule has 0 amide bonds. The molecule has 2 aromatic rings. The summed E-state index contributed by atoms with van der Waals surface area (Å²) in [5.41, 5.74) is 10.1. The summed E-state index contributed by atoms with van der Waals surface area (Å²) in [5, 5.41) is 14.8. The highest BCUT2D eigenvalue weighted by molar-refractivity contribution is 8.14. The van der Waals surface area contributed by atoms with Crippen molar-refractivity contribution in [2.75, 3.05) is 16.4 Å². The summed E-state index contributed by atoms with van der Waals surface area (Å²) in [5.74, 6) is 0.881. The van der Waals surface area contributed by atoms with E-state index < -0.39 is 0 Å². The second-order valence-electron chi connectivity index (χ2n) is 4.80. The molecule has 0 aliphatic rings. The number of nitrogens with one attached hydrogen (secondary N) is 3. The summed E-state index contributed by atoms with van der Waals surface area (Å²) >= 11 is 1.48. The third-order valence-corrected chi connectivity index (χ3v) is 3.88. The molecule has 22 heavy (non-hydrogen) atoms. The number of hydrogen-bond acceptors (Lipinski definition) is 4. The van der Waals surface area contributed by atoms with Crippen molar-refractivity contribution in [3.8, 4) is 0 Å². The van der Waals surface area contributed by atoms with Crippen LogP contribution in [0.5, 0.6) is 0 Å². The minimum Gasteiger partial charge on any atom is -0.381 e. The second-order valence-corrected chi connectivity index (χ2v) is 6.08. The van der Waals surface area contributed by atoms with E-state index in [0.717, 1.165) is 29.2 Å². The van der Waals surface area contributed by atoms with Gasteiger partial charge in [-0.25, -0.2) is 0 Å². The van der Waals surface area contributed by atoms with Crippen LogP contribution in [0.2, 0.25) is 0 Å². The number of nitrogens with two attached hydrogens (primary N) is 1. The van der Waals surface area contributed by atoms with Crippen molar-refractivity contribution in [3.05, 3.63) is 59.7 Å². The highest BCUT2D eigenvalue weighted by atomic mass is 32.2. The Bertz CT molecular complexity index is 613. The maximum absolute atomic E-state index is 7.81. The molecule has 0 radical (unpaired) electrons. The average molecular weight is 314 g/mol. The van der Waals surface area contributed by atoms with Gasteiger partial charge in [0.25, 0.3) is 0 Å². The molecule has 0 saturated heterocycles. The Hall–Kier alpha value is -1.98. The third kappa shape index (κ3) is 4.79. The Balaban J connectivity index is 2.04. The van der Waals surface area contributed by atoms with Crippen molar-refractivity contribution in [1.29, 1.82) is 5.41 Å². The van der Waals surface area contributed by atoms with E-state index in [2.05, 4.69) is 22.8 Å². The molecule has 0 saturated carbocycles. The molecule has 0 heterocycles. The van der Waals surface area contributed by atoms with Crippen molar-refractivity contribution in [2.45, 2.75) is 20.0 Å². The molecule has 0 aromatic heterocycles. The lowest BCUT2D eigenvalue weighted by Gasteiger charge is -2.14. The summed E-state index contributed by atoms with van der Waals surface area (Å²) in [4.78, 5) is 0. The van der Waals surface area contributed by atoms with Gasteiger partial charge in [-0.1, -0.05) is 49.0 Å². The molecule has 116 valence electrons.